The normalized spacial score (nSPS) is 11.9. The molecule has 0 saturated heterocycles. The molecule has 0 N–H and O–H groups in total. The second kappa shape index (κ2) is 22.9. The van der Waals surface area contributed by atoms with Gasteiger partial charge in [0, 0.05) is 87.8 Å². The van der Waals surface area contributed by atoms with Crippen LogP contribution in [0.15, 0.2) is 288 Å². The van der Waals surface area contributed by atoms with Crippen molar-refractivity contribution in [3.8, 4) is 125 Å². The van der Waals surface area contributed by atoms with Crippen LogP contribution in [-0.4, -0.2) is 19.7 Å². The largest absolute Gasteiger partial charge is 0.472 e. The summed E-state index contributed by atoms with van der Waals surface area (Å²) in [6, 6.07) is 94.5. The Morgan fingerprint density at radius 3 is 1.65 bits per heavy atom. The van der Waals surface area contributed by atoms with E-state index in [9.17, 15) is 0 Å². The van der Waals surface area contributed by atoms with Gasteiger partial charge in [0.05, 0.1) is 41.2 Å². The van der Waals surface area contributed by atoms with E-state index in [2.05, 4.69) is 265 Å². The average Bonchev–Trinajstić information content (AvgIpc) is 1.58. The summed E-state index contributed by atoms with van der Waals surface area (Å²) in [5.74, 6) is 0.847. The third kappa shape index (κ3) is 9.97. The van der Waals surface area contributed by atoms with Crippen molar-refractivity contribution in [3.05, 3.63) is 290 Å². The van der Waals surface area contributed by atoms with Crippen molar-refractivity contribution in [1.82, 2.24) is 19.7 Å². The second-order valence-corrected chi connectivity index (χ2v) is 29.8. The molecule has 19 aromatic rings. The zero-order valence-electron chi connectivity index (χ0n) is 51.7. The fourth-order valence-electron chi connectivity index (χ4n) is 14.0. The van der Waals surface area contributed by atoms with Gasteiger partial charge >= 0.3 is 0 Å². The topological polar surface area (TPSA) is 69.9 Å². The lowest BCUT2D eigenvalue weighted by atomic mass is 9.94. The first-order valence-electron chi connectivity index (χ1n) is 31.8. The molecular formula is C85H52N4O2S5. The minimum atomic E-state index is 0.847. The Morgan fingerprint density at radius 1 is 0.365 bits per heavy atom. The summed E-state index contributed by atoms with van der Waals surface area (Å²) in [6.07, 6.45) is 5.21. The molecule has 9 aromatic heterocycles. The summed E-state index contributed by atoms with van der Waals surface area (Å²) < 4.78 is 19.0. The van der Waals surface area contributed by atoms with E-state index in [1.165, 1.54) is 93.2 Å². The summed E-state index contributed by atoms with van der Waals surface area (Å²) in [5, 5.41) is 16.9. The highest BCUT2D eigenvalue weighted by atomic mass is 32.1. The summed E-state index contributed by atoms with van der Waals surface area (Å²) >= 11 is 8.97. The quantitative estimate of drug-likeness (QED) is 0.122. The number of rotatable bonds is 12. The maximum Gasteiger partial charge on any atom is 0.148 e. The van der Waals surface area contributed by atoms with Gasteiger partial charge in [-0.2, -0.15) is 0 Å². The molecule has 0 bridgehead atoms. The summed E-state index contributed by atoms with van der Waals surface area (Å²) in [5.41, 5.74) is 25.0. The van der Waals surface area contributed by atoms with Gasteiger partial charge in [0.15, 0.2) is 0 Å². The molecule has 0 spiro atoms. The number of nitrogens with zero attached hydrogens (tertiary/aromatic N) is 4. The lowest BCUT2D eigenvalue weighted by Gasteiger charge is -2.13. The van der Waals surface area contributed by atoms with Gasteiger partial charge in [0.1, 0.15) is 16.3 Å². The number of aryl methyl sites for hydroxylation is 2. The summed E-state index contributed by atoms with van der Waals surface area (Å²) in [6.45, 7) is 4.29. The zero-order valence-corrected chi connectivity index (χ0v) is 55.8. The molecule has 0 radical (unpaired) electrons. The average molecular weight is 1320 g/mol. The van der Waals surface area contributed by atoms with Gasteiger partial charge in [0.2, 0.25) is 0 Å². The van der Waals surface area contributed by atoms with Gasteiger partial charge in [-0.25, -0.2) is 4.98 Å². The molecule has 96 heavy (non-hydrogen) atoms. The van der Waals surface area contributed by atoms with Gasteiger partial charge in [-0.15, -0.1) is 55.5 Å². The maximum atomic E-state index is 5.95. The third-order valence-electron chi connectivity index (χ3n) is 18.4. The van der Waals surface area contributed by atoms with Crippen LogP contribution in [0, 0.1) is 13.8 Å². The molecule has 0 fully saturated rings. The van der Waals surface area contributed by atoms with Crippen LogP contribution in [0.4, 0.5) is 0 Å². The molecule has 10 aromatic carbocycles. The van der Waals surface area contributed by atoms with Crippen LogP contribution in [0.1, 0.15) is 11.1 Å². The lowest BCUT2D eigenvalue weighted by Crippen LogP contribution is -1.96. The SMILES string of the molecule is Cc1cc(-c2ccc3c(c2)c2cc(-c4cc(C)cc(-c5ccoc5)n4)ccc2n3-c2cc(-c3ccc(-c4cc(-c5ccc6sc7cccc(-c8ccccc8-c8nncs8)c7c6c5)cc(-c5cc6ccccc6s5)c4)s3)cc(-c3cc4ccccc4s3)c2)cc(-c2ccco2)c1. The van der Waals surface area contributed by atoms with Crippen molar-refractivity contribution in [2.24, 2.45) is 0 Å². The number of furan rings is 2. The van der Waals surface area contributed by atoms with Crippen molar-refractivity contribution in [2.45, 2.75) is 13.8 Å². The van der Waals surface area contributed by atoms with Crippen molar-refractivity contribution < 1.29 is 8.83 Å². The Hall–Kier alpha value is -10.9. The predicted octanol–water partition coefficient (Wildman–Crippen LogP) is 26.0. The van der Waals surface area contributed by atoms with Crippen molar-refractivity contribution in [2.75, 3.05) is 0 Å². The van der Waals surface area contributed by atoms with Gasteiger partial charge in [0.25, 0.3) is 0 Å². The van der Waals surface area contributed by atoms with E-state index in [1.54, 1.807) is 30.1 Å². The van der Waals surface area contributed by atoms with Crippen molar-refractivity contribution in [3.63, 3.8) is 0 Å². The van der Waals surface area contributed by atoms with Crippen LogP contribution in [0.5, 0.6) is 0 Å². The van der Waals surface area contributed by atoms with E-state index in [0.29, 0.717) is 0 Å². The van der Waals surface area contributed by atoms with Gasteiger partial charge < -0.3 is 13.4 Å². The first kappa shape index (κ1) is 56.6. The van der Waals surface area contributed by atoms with E-state index in [-0.39, 0.29) is 0 Å². The van der Waals surface area contributed by atoms with E-state index in [4.69, 9.17) is 13.8 Å². The predicted molar refractivity (Wildman–Crippen MR) is 407 cm³/mol. The fraction of sp³-hybridized carbons (Fsp3) is 0.0235. The maximum absolute atomic E-state index is 5.95. The van der Waals surface area contributed by atoms with Gasteiger partial charge in [-0.05, 0) is 249 Å². The number of pyridine rings is 1. The Morgan fingerprint density at radius 2 is 0.948 bits per heavy atom. The standard InChI is InChI=1S/C85H52N4O2S5/c1-49-31-57(35-59(32-49)75-16-10-29-91-75)51-20-23-73-68(42-51)69-44-53(71-33-50(2)34-72(87-71)56-28-30-90-47-56)21-24-74(69)89(73)64-40-62(39-63(41-64)83-46-55-12-4-8-18-77(55)95-83)79-27-26-78(93-79)60-36-58(37-61(38-60)82-45-54-11-3-7-17-76(54)94-82)52-22-25-80-70(43-52)84-66(15-9-19-81(84)96-80)65-13-5-6-14-67(65)85-88-86-48-92-85/h3-48H,1-2H3. The number of aromatic nitrogens is 4. The summed E-state index contributed by atoms with van der Waals surface area (Å²) in [4.78, 5) is 10.1. The van der Waals surface area contributed by atoms with Crippen LogP contribution < -0.4 is 0 Å². The molecule has 0 saturated carbocycles. The van der Waals surface area contributed by atoms with Crippen LogP contribution in [-0.2, 0) is 0 Å². The molecule has 0 aliphatic heterocycles. The van der Waals surface area contributed by atoms with Crippen molar-refractivity contribution >= 4 is 119 Å². The highest BCUT2D eigenvalue weighted by Crippen LogP contribution is 2.48. The zero-order chi connectivity index (χ0) is 63.5. The molecule has 0 amide bonds. The highest BCUT2D eigenvalue weighted by Gasteiger charge is 2.22. The Labute approximate surface area is 572 Å². The smallest absolute Gasteiger partial charge is 0.148 e. The van der Waals surface area contributed by atoms with Crippen LogP contribution in [0.3, 0.4) is 0 Å². The number of hydrogen-bond acceptors (Lipinski definition) is 10. The molecule has 0 aliphatic carbocycles. The monoisotopic (exact) mass is 1320 g/mol. The summed E-state index contributed by atoms with van der Waals surface area (Å²) in [7, 11) is 0. The molecule has 11 heteroatoms. The van der Waals surface area contributed by atoms with Crippen LogP contribution in [0.2, 0.25) is 0 Å². The van der Waals surface area contributed by atoms with E-state index in [1.807, 2.05) is 69.1 Å². The molecule has 0 aliphatic rings. The van der Waals surface area contributed by atoms with Crippen LogP contribution in [0.25, 0.3) is 187 Å². The van der Waals surface area contributed by atoms with Gasteiger partial charge in [-0.1, -0.05) is 108 Å². The second-order valence-electron chi connectivity index (χ2n) is 24.6. The molecule has 6 nitrogen and oxygen atoms in total. The van der Waals surface area contributed by atoms with Crippen molar-refractivity contribution in [1.29, 1.82) is 0 Å². The van der Waals surface area contributed by atoms with E-state index >= 15 is 0 Å². The molecular weight excluding hydrogens is 1270 g/mol. The van der Waals surface area contributed by atoms with E-state index < -0.39 is 0 Å². The minimum absolute atomic E-state index is 0.847. The number of fused-ring (bicyclic) bond motifs is 8. The molecule has 19 rings (SSSR count). The Balaban J connectivity index is 0.780. The number of benzene rings is 10. The van der Waals surface area contributed by atoms with Gasteiger partial charge in [-0.3, -0.25) is 0 Å². The fourth-order valence-corrected chi connectivity index (χ4v) is 18.8. The Bertz CT molecular complexity index is 6050. The molecule has 0 unspecified atom stereocenters. The Kier molecular flexibility index (Phi) is 13.5. The van der Waals surface area contributed by atoms with Crippen LogP contribution >= 0.6 is 56.7 Å². The number of thiophene rings is 4. The minimum Gasteiger partial charge on any atom is -0.472 e. The molecule has 0 atom stereocenters. The first-order valence-corrected chi connectivity index (χ1v) is 35.9. The molecule has 9 heterocycles. The lowest BCUT2D eigenvalue weighted by molar-refractivity contribution is 0.568. The highest BCUT2D eigenvalue weighted by molar-refractivity contribution is 7.26. The third-order valence-corrected chi connectivity index (χ3v) is 23.8. The molecule has 454 valence electrons. The van der Waals surface area contributed by atoms with E-state index in [0.717, 1.165) is 105 Å². The number of hydrogen-bond donors (Lipinski definition) is 0. The first-order chi connectivity index (χ1) is 47.3.